The third-order valence-corrected chi connectivity index (χ3v) is 2.41. The smallest absolute Gasteiger partial charge is 0.0721 e. The van der Waals surface area contributed by atoms with E-state index in [1.165, 1.54) is 0 Å². The van der Waals surface area contributed by atoms with Crippen molar-refractivity contribution in [3.05, 3.63) is 42.5 Å². The monoisotopic (exact) mass is 219 g/mol. The number of nitrogens with one attached hydrogen (secondary N) is 1. The van der Waals surface area contributed by atoms with Crippen molar-refractivity contribution in [2.75, 3.05) is 11.9 Å². The van der Waals surface area contributed by atoms with Crippen molar-refractivity contribution in [3.63, 3.8) is 0 Å². The fourth-order valence-corrected chi connectivity index (χ4v) is 1.47. The van der Waals surface area contributed by atoms with Crippen LogP contribution in [0.1, 0.15) is 26.2 Å². The first-order valence-electron chi connectivity index (χ1n) is 5.96. The molecule has 2 heteroatoms. The number of hydrogen-bond donors (Lipinski definition) is 2. The number of benzene rings is 1. The van der Waals surface area contributed by atoms with Crippen LogP contribution in [-0.4, -0.2) is 17.8 Å². The normalized spacial score (nSPS) is 12.9. The van der Waals surface area contributed by atoms with Crippen LogP contribution in [0.3, 0.4) is 0 Å². The zero-order valence-corrected chi connectivity index (χ0v) is 9.89. The van der Waals surface area contributed by atoms with E-state index in [-0.39, 0.29) is 6.10 Å². The predicted molar refractivity (Wildman–Crippen MR) is 69.6 cm³/mol. The Morgan fingerprint density at radius 3 is 2.75 bits per heavy atom. The van der Waals surface area contributed by atoms with Crippen LogP contribution in [0.2, 0.25) is 0 Å². The molecule has 16 heavy (non-hydrogen) atoms. The number of unbranched alkanes of at least 4 members (excludes halogenated alkanes) is 1. The van der Waals surface area contributed by atoms with Gasteiger partial charge in [0.25, 0.3) is 0 Å². The Balaban J connectivity index is 2.17. The Morgan fingerprint density at radius 2 is 2.06 bits per heavy atom. The molecule has 0 saturated heterocycles. The Bertz CT molecular complexity index is 295. The minimum atomic E-state index is -0.294. The molecule has 1 aromatic carbocycles. The van der Waals surface area contributed by atoms with Crippen molar-refractivity contribution >= 4 is 5.69 Å². The van der Waals surface area contributed by atoms with Crippen LogP contribution < -0.4 is 5.32 Å². The molecule has 0 saturated carbocycles. The number of aliphatic hydroxyl groups excluding tert-OH is 1. The average molecular weight is 219 g/mol. The van der Waals surface area contributed by atoms with Gasteiger partial charge in [-0.1, -0.05) is 50.1 Å². The van der Waals surface area contributed by atoms with Crippen molar-refractivity contribution < 1.29 is 5.11 Å². The molecule has 2 N–H and O–H groups in total. The van der Waals surface area contributed by atoms with Crippen molar-refractivity contribution in [2.45, 2.75) is 32.3 Å². The molecule has 1 rings (SSSR count). The fourth-order valence-electron chi connectivity index (χ4n) is 1.47. The molecule has 0 aliphatic heterocycles. The number of anilines is 1. The summed E-state index contributed by atoms with van der Waals surface area (Å²) in [7, 11) is 0. The summed E-state index contributed by atoms with van der Waals surface area (Å²) < 4.78 is 0. The SMILES string of the molecule is CCCC[C@@H](O)/C=C\CNc1ccccc1. The molecule has 0 aliphatic rings. The van der Waals surface area contributed by atoms with Gasteiger partial charge in [-0.15, -0.1) is 0 Å². The van der Waals surface area contributed by atoms with E-state index >= 15 is 0 Å². The molecule has 88 valence electrons. The van der Waals surface area contributed by atoms with Gasteiger partial charge in [0.05, 0.1) is 6.10 Å². The Labute approximate surface area is 98.0 Å². The lowest BCUT2D eigenvalue weighted by Gasteiger charge is -2.04. The minimum absolute atomic E-state index is 0.294. The molecule has 2 nitrogen and oxygen atoms in total. The lowest BCUT2D eigenvalue weighted by molar-refractivity contribution is 0.209. The summed E-state index contributed by atoms with van der Waals surface area (Å²) >= 11 is 0. The Morgan fingerprint density at radius 1 is 1.31 bits per heavy atom. The number of para-hydroxylation sites is 1. The van der Waals surface area contributed by atoms with E-state index in [1.54, 1.807) is 0 Å². The largest absolute Gasteiger partial charge is 0.389 e. The van der Waals surface area contributed by atoms with Crippen LogP contribution in [0.5, 0.6) is 0 Å². The van der Waals surface area contributed by atoms with E-state index in [0.717, 1.165) is 31.5 Å². The van der Waals surface area contributed by atoms with E-state index in [2.05, 4.69) is 12.2 Å². The first-order valence-corrected chi connectivity index (χ1v) is 5.96. The molecular weight excluding hydrogens is 198 g/mol. The predicted octanol–water partition coefficient (Wildman–Crippen LogP) is 3.21. The molecule has 0 amide bonds. The highest BCUT2D eigenvalue weighted by Gasteiger charge is 1.96. The molecule has 0 bridgehead atoms. The van der Waals surface area contributed by atoms with Crippen LogP contribution >= 0.6 is 0 Å². The van der Waals surface area contributed by atoms with Crippen LogP contribution in [0, 0.1) is 0 Å². The van der Waals surface area contributed by atoms with Crippen LogP contribution in [0.15, 0.2) is 42.5 Å². The minimum Gasteiger partial charge on any atom is -0.389 e. The molecule has 0 heterocycles. The molecule has 1 atom stereocenters. The first-order chi connectivity index (χ1) is 7.83. The standard InChI is InChI=1S/C14H21NO/c1-2-3-10-14(16)11-7-12-15-13-8-5-4-6-9-13/h4-9,11,14-16H,2-3,10,12H2,1H3/b11-7-/t14-/m1/s1. The maximum atomic E-state index is 9.56. The molecular formula is C14H21NO. The summed E-state index contributed by atoms with van der Waals surface area (Å²) in [5.41, 5.74) is 1.11. The van der Waals surface area contributed by atoms with Gasteiger partial charge in [0, 0.05) is 12.2 Å². The van der Waals surface area contributed by atoms with Gasteiger partial charge in [-0.05, 0) is 18.6 Å². The van der Waals surface area contributed by atoms with Gasteiger partial charge >= 0.3 is 0 Å². The molecule has 0 aromatic heterocycles. The summed E-state index contributed by atoms with van der Waals surface area (Å²) in [6.07, 6.45) is 6.62. The first kappa shape index (κ1) is 12.8. The lowest BCUT2D eigenvalue weighted by atomic mass is 10.1. The van der Waals surface area contributed by atoms with Crippen LogP contribution in [0.25, 0.3) is 0 Å². The highest BCUT2D eigenvalue weighted by molar-refractivity contribution is 5.42. The summed E-state index contributed by atoms with van der Waals surface area (Å²) in [6, 6.07) is 10.1. The third-order valence-electron chi connectivity index (χ3n) is 2.41. The average Bonchev–Trinajstić information content (AvgIpc) is 2.33. The molecule has 0 fully saturated rings. The van der Waals surface area contributed by atoms with E-state index in [9.17, 15) is 5.11 Å². The van der Waals surface area contributed by atoms with Crippen molar-refractivity contribution in [2.24, 2.45) is 0 Å². The van der Waals surface area contributed by atoms with Crippen molar-refractivity contribution in [3.8, 4) is 0 Å². The van der Waals surface area contributed by atoms with E-state index in [1.807, 2.05) is 42.5 Å². The van der Waals surface area contributed by atoms with Gasteiger partial charge < -0.3 is 10.4 Å². The maximum Gasteiger partial charge on any atom is 0.0721 e. The molecule has 0 unspecified atom stereocenters. The molecule has 0 aliphatic carbocycles. The van der Waals surface area contributed by atoms with Gasteiger partial charge in [0.1, 0.15) is 0 Å². The molecule has 1 aromatic rings. The topological polar surface area (TPSA) is 32.3 Å². The highest BCUT2D eigenvalue weighted by Crippen LogP contribution is 2.04. The van der Waals surface area contributed by atoms with E-state index in [4.69, 9.17) is 0 Å². The molecule has 0 radical (unpaired) electrons. The second-order valence-corrected chi connectivity index (χ2v) is 3.88. The van der Waals surface area contributed by atoms with E-state index < -0.39 is 0 Å². The third kappa shape index (κ3) is 5.56. The summed E-state index contributed by atoms with van der Waals surface area (Å²) in [4.78, 5) is 0. The second-order valence-electron chi connectivity index (χ2n) is 3.88. The Kier molecular flexibility index (Phi) is 6.35. The fraction of sp³-hybridized carbons (Fsp3) is 0.429. The maximum absolute atomic E-state index is 9.56. The van der Waals surface area contributed by atoms with Gasteiger partial charge in [-0.3, -0.25) is 0 Å². The van der Waals surface area contributed by atoms with Gasteiger partial charge in [-0.2, -0.15) is 0 Å². The van der Waals surface area contributed by atoms with Gasteiger partial charge in [0.2, 0.25) is 0 Å². The summed E-state index contributed by atoms with van der Waals surface area (Å²) in [6.45, 7) is 2.89. The second kappa shape index (κ2) is 7.94. The number of aliphatic hydroxyl groups is 1. The van der Waals surface area contributed by atoms with Gasteiger partial charge in [-0.25, -0.2) is 0 Å². The summed E-state index contributed by atoms with van der Waals surface area (Å²) in [5, 5.41) is 12.8. The summed E-state index contributed by atoms with van der Waals surface area (Å²) in [5.74, 6) is 0. The van der Waals surface area contributed by atoms with Gasteiger partial charge in [0.15, 0.2) is 0 Å². The van der Waals surface area contributed by atoms with Crippen LogP contribution in [-0.2, 0) is 0 Å². The zero-order chi connectivity index (χ0) is 11.6. The zero-order valence-electron chi connectivity index (χ0n) is 9.89. The molecule has 0 spiro atoms. The highest BCUT2D eigenvalue weighted by atomic mass is 16.3. The van der Waals surface area contributed by atoms with Crippen molar-refractivity contribution in [1.82, 2.24) is 0 Å². The van der Waals surface area contributed by atoms with Crippen molar-refractivity contribution in [1.29, 1.82) is 0 Å². The quantitative estimate of drug-likeness (QED) is 0.690. The number of rotatable bonds is 7. The van der Waals surface area contributed by atoms with Crippen LogP contribution in [0.4, 0.5) is 5.69 Å². The Hall–Kier alpha value is -1.28. The lowest BCUT2D eigenvalue weighted by Crippen LogP contribution is -2.03. The van der Waals surface area contributed by atoms with E-state index in [0.29, 0.717) is 0 Å². The number of hydrogen-bond acceptors (Lipinski definition) is 2.